The molecule has 0 spiro atoms. The molecule has 0 rings (SSSR count). The van der Waals surface area contributed by atoms with Crippen molar-refractivity contribution in [1.82, 2.24) is 0 Å². The molecule has 0 radical (unpaired) electrons. The Labute approximate surface area is 128 Å². The minimum absolute atomic E-state index is 1.38. The van der Waals surface area contributed by atoms with Gasteiger partial charge in [-0.2, -0.15) is 43.9 Å². The van der Waals surface area contributed by atoms with Crippen LogP contribution in [0.15, 0.2) is 0 Å². The zero-order valence-corrected chi connectivity index (χ0v) is 12.4. The van der Waals surface area contributed by atoms with Gasteiger partial charge in [0.15, 0.2) is 0 Å². The van der Waals surface area contributed by atoms with Gasteiger partial charge in [0.2, 0.25) is 0 Å². The Morgan fingerprint density at radius 1 is 0.737 bits per heavy atom. The van der Waals surface area contributed by atoms with E-state index in [4.69, 9.17) is 0 Å². The summed E-state index contributed by atoms with van der Waals surface area (Å²) in [6.07, 6.45) is 0. The van der Waals surface area contributed by atoms with Gasteiger partial charge in [-0.15, -0.1) is 0 Å². The van der Waals surface area contributed by atoms with E-state index < -0.39 is 21.4 Å². The van der Waals surface area contributed by atoms with Crippen LogP contribution in [-0.2, 0) is 0 Å². The van der Waals surface area contributed by atoms with E-state index in [2.05, 4.69) is 46.4 Å². The first kappa shape index (κ1) is 28.2. The number of alkyl halides is 15. The molecule has 0 bridgehead atoms. The van der Waals surface area contributed by atoms with Crippen molar-refractivity contribution in [3.8, 4) is 0 Å². The van der Waals surface area contributed by atoms with Crippen molar-refractivity contribution in [3.05, 3.63) is 0 Å². The third-order valence-corrected chi connectivity index (χ3v) is 0. The zero-order valence-electron chi connectivity index (χ0n) is 7.75. The van der Waals surface area contributed by atoms with Crippen molar-refractivity contribution in [2.45, 2.75) is 21.4 Å². The van der Waals surface area contributed by atoms with Gasteiger partial charge in [-0.3, -0.25) is 0 Å². The molecule has 0 heterocycles. The van der Waals surface area contributed by atoms with Crippen molar-refractivity contribution < 1.29 is 43.9 Å². The number of hydrogen-bond acceptors (Lipinski definition) is 0. The standard InChI is InChI=1S/CBrF3.CCl2F2.CClF3.CHClF2/c3*2-1(3,4)5;2-1(3)4/h;;;1H. The molecule has 15 heteroatoms. The van der Waals surface area contributed by atoms with Crippen LogP contribution in [0.3, 0.4) is 0 Å². The van der Waals surface area contributed by atoms with Crippen molar-refractivity contribution in [3.63, 3.8) is 0 Å². The Morgan fingerprint density at radius 2 is 0.737 bits per heavy atom. The second kappa shape index (κ2) is 12.7. The maximum Gasteiger partial charge on any atom is 0.475 e. The van der Waals surface area contributed by atoms with E-state index in [0.29, 0.717) is 0 Å². The van der Waals surface area contributed by atoms with Gasteiger partial charge in [-0.1, -0.05) is 11.6 Å². The molecule has 0 N–H and O–H groups in total. The molecular weight excluding hydrogens is 460 g/mol. The Hall–Kier alpha value is 0.940. The average molecular weight is 461 g/mol. The average Bonchev–Trinajstić information content (AvgIpc) is 1.66. The van der Waals surface area contributed by atoms with Crippen molar-refractivity contribution in [1.29, 1.82) is 0 Å². The van der Waals surface area contributed by atoms with Gasteiger partial charge < -0.3 is 0 Å². The van der Waals surface area contributed by atoms with Gasteiger partial charge in [0.25, 0.3) is 0 Å². The maximum atomic E-state index is 10.6. The zero-order chi connectivity index (χ0) is 17.1. The number of hydrogen-bond donors (Lipinski definition) is 0. The van der Waals surface area contributed by atoms with Crippen LogP contribution in [-0.4, -0.2) is 21.4 Å². The number of rotatable bonds is 0. The lowest BCUT2D eigenvalue weighted by Gasteiger charge is -1.87. The molecule has 0 aliphatic carbocycles. The highest BCUT2D eigenvalue weighted by Gasteiger charge is 2.20. The summed E-state index contributed by atoms with van der Waals surface area (Å²) >= 11 is 16.8. The molecule has 0 aromatic rings. The summed E-state index contributed by atoms with van der Waals surface area (Å²) in [6, 6.07) is 0. The van der Waals surface area contributed by atoms with E-state index in [9.17, 15) is 43.9 Å². The van der Waals surface area contributed by atoms with E-state index >= 15 is 0 Å². The third kappa shape index (κ3) is 6150. The molecule has 0 unspecified atom stereocenters. The molecule has 0 aliphatic rings. The van der Waals surface area contributed by atoms with Gasteiger partial charge in [-0.25, -0.2) is 0 Å². The summed E-state index contributed by atoms with van der Waals surface area (Å²) in [4.78, 5) is -3.56. The molecule has 0 fully saturated rings. The molecule has 0 nitrogen and oxygen atoms in total. The second-order valence-corrected chi connectivity index (χ2v) is 4.33. The normalized spacial score (nSPS) is 11.4. The fourth-order valence-electron chi connectivity index (χ4n) is 0. The van der Waals surface area contributed by atoms with Crippen molar-refractivity contribution in [2.24, 2.45) is 0 Å². The molecular formula is C4HBrCl4F10. The van der Waals surface area contributed by atoms with Crippen LogP contribution >= 0.6 is 62.3 Å². The molecule has 0 saturated heterocycles. The van der Waals surface area contributed by atoms with E-state index in [0.717, 1.165) is 0 Å². The van der Waals surface area contributed by atoms with Crippen LogP contribution in [0, 0.1) is 0 Å². The summed E-state index contributed by atoms with van der Waals surface area (Å²) in [5, 5.41) is -4.19. The smallest absolute Gasteiger partial charge is 0.192 e. The summed E-state index contributed by atoms with van der Waals surface area (Å²) in [7, 11) is 0. The Kier molecular flexibility index (Phi) is 18.8. The van der Waals surface area contributed by atoms with Crippen molar-refractivity contribution >= 4 is 62.3 Å². The monoisotopic (exact) mass is 458 g/mol. The van der Waals surface area contributed by atoms with E-state index in [1.54, 1.807) is 0 Å². The first-order valence-electron chi connectivity index (χ1n) is 2.92. The topological polar surface area (TPSA) is 0 Å². The van der Waals surface area contributed by atoms with Gasteiger partial charge in [-0.05, 0) is 34.8 Å². The van der Waals surface area contributed by atoms with Crippen molar-refractivity contribution in [2.75, 3.05) is 0 Å². The van der Waals surface area contributed by atoms with Gasteiger partial charge in [0, 0.05) is 15.9 Å². The summed E-state index contributed by atoms with van der Waals surface area (Å²) in [5.41, 5.74) is -4.53. The molecule has 0 saturated carbocycles. The van der Waals surface area contributed by atoms with E-state index in [1.807, 2.05) is 0 Å². The Bertz CT molecular complexity index is 136. The quantitative estimate of drug-likeness (QED) is 0.267. The Morgan fingerprint density at radius 3 is 0.737 bits per heavy atom. The summed E-state index contributed by atoms with van der Waals surface area (Å²) < 4.78 is 102. The summed E-state index contributed by atoms with van der Waals surface area (Å²) in [6.45, 7) is 0. The molecule has 19 heavy (non-hydrogen) atoms. The van der Waals surface area contributed by atoms with Gasteiger partial charge in [0.05, 0.1) is 0 Å². The summed E-state index contributed by atoms with van der Waals surface area (Å²) in [5.74, 6) is -2.69. The largest absolute Gasteiger partial charge is 0.475 e. The Balaban J connectivity index is -0.0000000793. The highest BCUT2D eigenvalue weighted by molar-refractivity contribution is 9.09. The first-order valence-corrected chi connectivity index (χ1v) is 5.29. The molecule has 0 amide bonds. The van der Waals surface area contributed by atoms with E-state index in [-0.39, 0.29) is 0 Å². The predicted octanol–water partition coefficient (Wildman–Crippen LogP) is 7.11. The van der Waals surface area contributed by atoms with Gasteiger partial charge in [0.1, 0.15) is 0 Å². The fraction of sp³-hybridized carbons (Fsp3) is 1.00. The minimum atomic E-state index is -4.53. The maximum absolute atomic E-state index is 10.6. The van der Waals surface area contributed by atoms with Crippen LogP contribution in [0.1, 0.15) is 0 Å². The highest BCUT2D eigenvalue weighted by atomic mass is 79.9. The lowest BCUT2D eigenvalue weighted by molar-refractivity contribution is -0.0420. The SMILES string of the molecule is FC(F)(Cl)Cl.FC(F)(F)Br.FC(F)(F)Cl.FC(F)Cl. The van der Waals surface area contributed by atoms with E-state index in [1.165, 1.54) is 15.9 Å². The molecule has 0 aromatic heterocycles. The third-order valence-electron chi connectivity index (χ3n) is 0. The predicted molar refractivity (Wildman–Crippen MR) is 55.4 cm³/mol. The minimum Gasteiger partial charge on any atom is -0.192 e. The number of halogens is 15. The van der Waals surface area contributed by atoms with Crippen LogP contribution in [0.5, 0.6) is 0 Å². The van der Waals surface area contributed by atoms with Gasteiger partial charge >= 0.3 is 21.4 Å². The van der Waals surface area contributed by atoms with Crippen LogP contribution in [0.2, 0.25) is 0 Å². The lowest BCUT2D eigenvalue weighted by atomic mass is 11.6. The van der Waals surface area contributed by atoms with Crippen LogP contribution in [0.4, 0.5) is 43.9 Å². The second-order valence-electron chi connectivity index (χ2n) is 1.53. The molecule has 0 aliphatic heterocycles. The van der Waals surface area contributed by atoms with Crippen LogP contribution < -0.4 is 0 Å². The highest BCUT2D eigenvalue weighted by Crippen LogP contribution is 2.22. The molecule has 0 atom stereocenters. The fourth-order valence-corrected chi connectivity index (χ4v) is 0. The first-order chi connectivity index (χ1) is 7.73. The van der Waals surface area contributed by atoms with Crippen LogP contribution in [0.25, 0.3) is 0 Å². The molecule has 0 aromatic carbocycles. The molecule has 122 valence electrons. The lowest BCUT2D eigenvalue weighted by Crippen LogP contribution is -1.89.